The molecule has 0 aliphatic heterocycles. The van der Waals surface area contributed by atoms with E-state index in [0.29, 0.717) is 17.7 Å². The lowest BCUT2D eigenvalue weighted by atomic mass is 9.99. The second kappa shape index (κ2) is 5.65. The molecular formula is C16H17NO2. The molecule has 98 valence electrons. The number of hydrogen-bond acceptors (Lipinski definition) is 2. The van der Waals surface area contributed by atoms with E-state index in [1.54, 1.807) is 6.07 Å². The second-order valence-electron chi connectivity index (χ2n) is 4.54. The molecule has 1 heterocycles. The normalized spacial score (nSPS) is 10.4. The maximum Gasteiger partial charge on any atom is 0.337 e. The maximum absolute atomic E-state index is 11.4. The van der Waals surface area contributed by atoms with E-state index in [2.05, 4.69) is 4.98 Å². The predicted octanol–water partition coefficient (Wildman–Crippen LogP) is 3.71. The number of benzene rings is 1. The Morgan fingerprint density at radius 1 is 1.26 bits per heavy atom. The average molecular weight is 255 g/mol. The zero-order valence-corrected chi connectivity index (χ0v) is 11.2. The Kier molecular flexibility index (Phi) is 3.95. The summed E-state index contributed by atoms with van der Waals surface area (Å²) in [6, 6.07) is 11.5. The predicted molar refractivity (Wildman–Crippen MR) is 75.4 cm³/mol. The highest BCUT2D eigenvalue weighted by molar-refractivity contribution is 5.91. The molecule has 1 N–H and O–H groups in total. The molecule has 1 aromatic heterocycles. The average Bonchev–Trinajstić information content (AvgIpc) is 2.40. The quantitative estimate of drug-likeness (QED) is 0.906. The number of aromatic carboxylic acids is 1. The summed E-state index contributed by atoms with van der Waals surface area (Å²) in [6.45, 7) is 3.95. The van der Waals surface area contributed by atoms with E-state index in [-0.39, 0.29) is 0 Å². The third kappa shape index (κ3) is 2.81. The van der Waals surface area contributed by atoms with Crippen LogP contribution in [0.3, 0.4) is 0 Å². The van der Waals surface area contributed by atoms with Crippen LogP contribution in [0.4, 0.5) is 0 Å². The number of aryl methyl sites for hydroxylation is 2. The highest BCUT2D eigenvalue weighted by atomic mass is 16.4. The molecule has 1 aromatic carbocycles. The molecule has 0 saturated heterocycles. The van der Waals surface area contributed by atoms with Crippen LogP contribution >= 0.6 is 0 Å². The van der Waals surface area contributed by atoms with Crippen LogP contribution in [0.15, 0.2) is 36.4 Å². The first-order valence-electron chi connectivity index (χ1n) is 6.42. The van der Waals surface area contributed by atoms with Gasteiger partial charge in [-0.1, -0.05) is 43.7 Å². The molecule has 0 saturated carbocycles. The first-order chi connectivity index (χ1) is 9.13. The summed E-state index contributed by atoms with van der Waals surface area (Å²) in [5.74, 6) is -0.909. The van der Waals surface area contributed by atoms with Gasteiger partial charge in [-0.05, 0) is 25.0 Å². The number of aromatic nitrogens is 1. The van der Waals surface area contributed by atoms with Crippen molar-refractivity contribution in [2.45, 2.75) is 26.7 Å². The third-order valence-electron chi connectivity index (χ3n) is 3.09. The summed E-state index contributed by atoms with van der Waals surface area (Å²) in [5.41, 5.74) is 3.74. The Balaban J connectivity index is 2.58. The summed E-state index contributed by atoms with van der Waals surface area (Å²) in [5, 5.41) is 9.31. The number of carboxylic acid groups (broad SMARTS) is 1. The van der Waals surface area contributed by atoms with Crippen molar-refractivity contribution in [3.63, 3.8) is 0 Å². The molecule has 0 fully saturated rings. The van der Waals surface area contributed by atoms with Crippen molar-refractivity contribution in [2.75, 3.05) is 0 Å². The van der Waals surface area contributed by atoms with E-state index in [4.69, 9.17) is 0 Å². The van der Waals surface area contributed by atoms with Crippen LogP contribution in [0, 0.1) is 6.92 Å². The van der Waals surface area contributed by atoms with E-state index in [1.165, 1.54) is 0 Å². The zero-order valence-electron chi connectivity index (χ0n) is 11.2. The lowest BCUT2D eigenvalue weighted by Crippen LogP contribution is -2.07. The number of rotatable bonds is 4. The van der Waals surface area contributed by atoms with Crippen molar-refractivity contribution in [3.8, 4) is 11.1 Å². The molecule has 19 heavy (non-hydrogen) atoms. The van der Waals surface area contributed by atoms with E-state index in [1.807, 2.05) is 44.2 Å². The summed E-state index contributed by atoms with van der Waals surface area (Å²) < 4.78 is 0. The minimum atomic E-state index is -0.909. The zero-order chi connectivity index (χ0) is 13.8. The molecular weight excluding hydrogens is 238 g/mol. The molecule has 0 spiro atoms. The first kappa shape index (κ1) is 13.3. The highest BCUT2D eigenvalue weighted by Gasteiger charge is 2.15. The molecule has 0 amide bonds. The Labute approximate surface area is 112 Å². The van der Waals surface area contributed by atoms with Gasteiger partial charge >= 0.3 is 5.97 Å². The fraction of sp³-hybridized carbons (Fsp3) is 0.250. The molecule has 0 atom stereocenters. The fourth-order valence-corrected chi connectivity index (χ4v) is 2.18. The Morgan fingerprint density at radius 2 is 1.95 bits per heavy atom. The Morgan fingerprint density at radius 3 is 2.53 bits per heavy atom. The van der Waals surface area contributed by atoms with Gasteiger partial charge in [0.2, 0.25) is 0 Å². The van der Waals surface area contributed by atoms with E-state index in [9.17, 15) is 9.90 Å². The van der Waals surface area contributed by atoms with Crippen LogP contribution in [-0.2, 0) is 6.42 Å². The first-order valence-corrected chi connectivity index (χ1v) is 6.42. The van der Waals surface area contributed by atoms with Crippen molar-refractivity contribution < 1.29 is 9.90 Å². The molecule has 0 bridgehead atoms. The Hall–Kier alpha value is -2.16. The van der Waals surface area contributed by atoms with Gasteiger partial charge in [0, 0.05) is 11.3 Å². The lowest BCUT2D eigenvalue weighted by molar-refractivity contribution is 0.0695. The van der Waals surface area contributed by atoms with Crippen LogP contribution < -0.4 is 0 Å². The van der Waals surface area contributed by atoms with Crippen molar-refractivity contribution in [1.29, 1.82) is 0 Å². The van der Waals surface area contributed by atoms with Gasteiger partial charge in [-0.15, -0.1) is 0 Å². The lowest BCUT2D eigenvalue weighted by Gasteiger charge is -2.11. The fourth-order valence-electron chi connectivity index (χ4n) is 2.18. The van der Waals surface area contributed by atoms with Crippen molar-refractivity contribution in [3.05, 3.63) is 53.3 Å². The molecule has 3 heteroatoms. The smallest absolute Gasteiger partial charge is 0.337 e. The maximum atomic E-state index is 11.4. The number of nitrogens with zero attached hydrogens (tertiary/aromatic N) is 1. The molecule has 0 radical (unpaired) electrons. The van der Waals surface area contributed by atoms with Gasteiger partial charge in [0.1, 0.15) is 0 Å². The molecule has 3 nitrogen and oxygen atoms in total. The minimum absolute atomic E-state index is 0.311. The van der Waals surface area contributed by atoms with Gasteiger partial charge in [-0.2, -0.15) is 0 Å². The Bertz CT molecular complexity index is 591. The molecule has 0 unspecified atom stereocenters. The van der Waals surface area contributed by atoms with Crippen LogP contribution in [0.25, 0.3) is 11.1 Å². The van der Waals surface area contributed by atoms with Crippen LogP contribution in [-0.4, -0.2) is 16.1 Å². The standard InChI is InChI=1S/C16H17NO2/c1-3-7-15-14(16(18)19)10-13(11(2)17-15)12-8-5-4-6-9-12/h4-6,8-10H,3,7H2,1-2H3,(H,18,19). The SMILES string of the molecule is CCCc1nc(C)c(-c2ccccc2)cc1C(=O)O. The molecule has 2 aromatic rings. The van der Waals surface area contributed by atoms with Crippen LogP contribution in [0.5, 0.6) is 0 Å². The van der Waals surface area contributed by atoms with Crippen molar-refractivity contribution in [1.82, 2.24) is 4.98 Å². The minimum Gasteiger partial charge on any atom is -0.478 e. The molecule has 0 aliphatic rings. The van der Waals surface area contributed by atoms with E-state index >= 15 is 0 Å². The van der Waals surface area contributed by atoms with Crippen LogP contribution in [0.1, 0.15) is 35.1 Å². The molecule has 0 aliphatic carbocycles. The van der Waals surface area contributed by atoms with Gasteiger partial charge in [-0.25, -0.2) is 4.79 Å². The third-order valence-corrected chi connectivity index (χ3v) is 3.09. The number of pyridine rings is 1. The second-order valence-corrected chi connectivity index (χ2v) is 4.54. The van der Waals surface area contributed by atoms with E-state index < -0.39 is 5.97 Å². The van der Waals surface area contributed by atoms with Gasteiger partial charge < -0.3 is 5.11 Å². The highest BCUT2D eigenvalue weighted by Crippen LogP contribution is 2.25. The van der Waals surface area contributed by atoms with Crippen LogP contribution in [0.2, 0.25) is 0 Å². The van der Waals surface area contributed by atoms with E-state index in [0.717, 1.165) is 23.2 Å². The largest absolute Gasteiger partial charge is 0.478 e. The van der Waals surface area contributed by atoms with Gasteiger partial charge in [0.15, 0.2) is 0 Å². The van der Waals surface area contributed by atoms with Gasteiger partial charge in [0.25, 0.3) is 0 Å². The van der Waals surface area contributed by atoms with Gasteiger partial charge in [0.05, 0.1) is 11.3 Å². The summed E-state index contributed by atoms with van der Waals surface area (Å²) in [6.07, 6.45) is 1.58. The number of carboxylic acids is 1. The topological polar surface area (TPSA) is 50.2 Å². The van der Waals surface area contributed by atoms with Crippen molar-refractivity contribution in [2.24, 2.45) is 0 Å². The number of carbonyl (C=O) groups is 1. The molecule has 2 rings (SSSR count). The van der Waals surface area contributed by atoms with Crippen molar-refractivity contribution >= 4 is 5.97 Å². The number of hydrogen-bond donors (Lipinski definition) is 1. The van der Waals surface area contributed by atoms with Gasteiger partial charge in [-0.3, -0.25) is 4.98 Å². The summed E-state index contributed by atoms with van der Waals surface area (Å²) in [4.78, 5) is 15.8. The summed E-state index contributed by atoms with van der Waals surface area (Å²) >= 11 is 0. The summed E-state index contributed by atoms with van der Waals surface area (Å²) in [7, 11) is 0. The monoisotopic (exact) mass is 255 g/mol.